The Morgan fingerprint density at radius 1 is 1.23 bits per heavy atom. The molecule has 0 radical (unpaired) electrons. The molecule has 1 aliphatic carbocycles. The summed E-state index contributed by atoms with van der Waals surface area (Å²) in [6, 6.07) is 10.2. The van der Waals surface area contributed by atoms with Crippen LogP contribution in [0, 0.1) is 17.8 Å². The van der Waals surface area contributed by atoms with Gasteiger partial charge in [-0.15, -0.1) is 6.58 Å². The van der Waals surface area contributed by atoms with Crippen LogP contribution in [-0.2, 0) is 30.3 Å². The van der Waals surface area contributed by atoms with E-state index in [-0.39, 0.29) is 36.1 Å². The van der Waals surface area contributed by atoms with E-state index < -0.39 is 0 Å². The number of rotatable bonds is 11. The van der Waals surface area contributed by atoms with Gasteiger partial charge in [-0.25, -0.2) is 0 Å². The molecular weight excluding hydrogens is 380 g/mol. The zero-order valence-corrected chi connectivity index (χ0v) is 18.2. The molecule has 0 bridgehead atoms. The van der Waals surface area contributed by atoms with Crippen molar-refractivity contribution in [2.45, 2.75) is 64.4 Å². The maximum atomic E-state index is 12.2. The molecule has 2 fully saturated rings. The Kier molecular flexibility index (Phi) is 9.37. The number of allylic oxidation sites excluding steroid dienone is 1. The molecule has 1 aromatic carbocycles. The van der Waals surface area contributed by atoms with Gasteiger partial charge in [0.2, 0.25) is 0 Å². The van der Waals surface area contributed by atoms with Crippen molar-refractivity contribution in [3.8, 4) is 0 Å². The largest absolute Gasteiger partial charge is 0.466 e. The lowest BCUT2D eigenvalue weighted by atomic mass is 9.85. The molecule has 0 spiro atoms. The van der Waals surface area contributed by atoms with Gasteiger partial charge >= 0.3 is 5.97 Å². The lowest BCUT2D eigenvalue weighted by Crippen LogP contribution is -2.33. The highest BCUT2D eigenvalue weighted by molar-refractivity contribution is 5.69. The number of hydrogen-bond acceptors (Lipinski definition) is 5. The predicted molar refractivity (Wildman–Crippen MR) is 116 cm³/mol. The Balaban J connectivity index is 1.67. The second kappa shape index (κ2) is 12.2. The Morgan fingerprint density at radius 2 is 2.07 bits per heavy atom. The van der Waals surface area contributed by atoms with E-state index in [1.165, 1.54) is 0 Å². The Morgan fingerprint density at radius 3 is 2.77 bits per heavy atom. The van der Waals surface area contributed by atoms with Crippen molar-refractivity contribution in [2.75, 3.05) is 19.8 Å². The molecule has 1 unspecified atom stereocenters. The summed E-state index contributed by atoms with van der Waals surface area (Å²) in [4.78, 5) is 12.2. The Labute approximate surface area is 180 Å². The minimum absolute atomic E-state index is 0.0215. The fraction of sp³-hybridized carbons (Fsp3) is 0.640. The van der Waals surface area contributed by atoms with Gasteiger partial charge in [0.1, 0.15) is 0 Å². The van der Waals surface area contributed by atoms with Gasteiger partial charge in [0, 0.05) is 18.9 Å². The maximum Gasteiger partial charge on any atom is 0.306 e. The highest BCUT2D eigenvalue weighted by Crippen LogP contribution is 2.44. The molecule has 1 saturated heterocycles. The third kappa shape index (κ3) is 6.66. The van der Waals surface area contributed by atoms with Crippen LogP contribution in [-0.4, -0.2) is 38.2 Å². The van der Waals surface area contributed by atoms with Gasteiger partial charge in [-0.3, -0.25) is 4.79 Å². The van der Waals surface area contributed by atoms with Crippen molar-refractivity contribution < 1.29 is 23.7 Å². The highest BCUT2D eigenvalue weighted by Gasteiger charge is 2.45. The summed E-state index contributed by atoms with van der Waals surface area (Å²) >= 11 is 0. The topological polar surface area (TPSA) is 54.0 Å². The monoisotopic (exact) mass is 416 g/mol. The smallest absolute Gasteiger partial charge is 0.306 e. The lowest BCUT2D eigenvalue weighted by Gasteiger charge is -2.30. The summed E-state index contributed by atoms with van der Waals surface area (Å²) in [6.07, 6.45) is 7.08. The average Bonchev–Trinajstić information content (AvgIpc) is 3.06. The summed E-state index contributed by atoms with van der Waals surface area (Å²) in [6.45, 7) is 8.15. The SMILES string of the molecule is C=CC[C@H]1[C@@H](CC(=O)OCC)C[C@@H](OC2CCCCO2)[C@@H]1COCc1ccccc1. The molecule has 166 valence electrons. The minimum atomic E-state index is -0.147. The number of carbonyl (C=O) groups is 1. The van der Waals surface area contributed by atoms with Crippen LogP contribution >= 0.6 is 0 Å². The van der Waals surface area contributed by atoms with E-state index in [9.17, 15) is 4.79 Å². The van der Waals surface area contributed by atoms with Crippen molar-refractivity contribution in [3.63, 3.8) is 0 Å². The zero-order valence-electron chi connectivity index (χ0n) is 18.2. The number of hydrogen-bond donors (Lipinski definition) is 0. The quantitative estimate of drug-likeness (QED) is 0.379. The van der Waals surface area contributed by atoms with E-state index in [2.05, 4.69) is 18.7 Å². The third-order valence-corrected chi connectivity index (χ3v) is 6.23. The number of benzene rings is 1. The minimum Gasteiger partial charge on any atom is -0.466 e. The summed E-state index contributed by atoms with van der Waals surface area (Å²) in [5, 5.41) is 0. The number of esters is 1. The molecule has 1 saturated carbocycles. The molecule has 1 aromatic rings. The van der Waals surface area contributed by atoms with E-state index >= 15 is 0 Å². The molecule has 5 heteroatoms. The first-order valence-electron chi connectivity index (χ1n) is 11.4. The van der Waals surface area contributed by atoms with Crippen molar-refractivity contribution >= 4 is 5.97 Å². The Bertz CT molecular complexity index is 640. The van der Waals surface area contributed by atoms with E-state index in [1.807, 2.05) is 31.2 Å². The van der Waals surface area contributed by atoms with Gasteiger partial charge in [0.05, 0.1) is 25.9 Å². The first kappa shape index (κ1) is 23.0. The van der Waals surface area contributed by atoms with E-state index in [4.69, 9.17) is 18.9 Å². The van der Waals surface area contributed by atoms with Crippen LogP contribution in [0.5, 0.6) is 0 Å². The predicted octanol–water partition coefficient (Wildman–Crippen LogP) is 4.90. The van der Waals surface area contributed by atoms with Gasteiger partial charge < -0.3 is 18.9 Å². The molecule has 0 aromatic heterocycles. The molecule has 2 aliphatic rings. The normalized spacial score (nSPS) is 28.9. The van der Waals surface area contributed by atoms with Crippen molar-refractivity contribution in [3.05, 3.63) is 48.6 Å². The summed E-state index contributed by atoms with van der Waals surface area (Å²) in [5.74, 6) is 0.573. The molecule has 1 heterocycles. The fourth-order valence-electron chi connectivity index (χ4n) is 4.79. The molecule has 0 N–H and O–H groups in total. The van der Waals surface area contributed by atoms with Crippen molar-refractivity contribution in [2.24, 2.45) is 17.8 Å². The fourth-order valence-corrected chi connectivity index (χ4v) is 4.79. The van der Waals surface area contributed by atoms with Crippen LogP contribution in [0.3, 0.4) is 0 Å². The number of ether oxygens (including phenoxy) is 4. The molecule has 1 aliphatic heterocycles. The zero-order chi connectivity index (χ0) is 21.2. The van der Waals surface area contributed by atoms with Gasteiger partial charge in [-0.2, -0.15) is 0 Å². The summed E-state index contributed by atoms with van der Waals surface area (Å²) in [7, 11) is 0. The van der Waals surface area contributed by atoms with Crippen LogP contribution in [0.4, 0.5) is 0 Å². The second-order valence-corrected chi connectivity index (χ2v) is 8.33. The van der Waals surface area contributed by atoms with Gasteiger partial charge in [-0.05, 0) is 56.4 Å². The summed E-state index contributed by atoms with van der Waals surface area (Å²) in [5.41, 5.74) is 1.16. The molecule has 0 amide bonds. The molecule has 30 heavy (non-hydrogen) atoms. The van der Waals surface area contributed by atoms with Crippen molar-refractivity contribution in [1.29, 1.82) is 0 Å². The lowest BCUT2D eigenvalue weighted by molar-refractivity contribution is -0.199. The molecule has 3 rings (SSSR count). The third-order valence-electron chi connectivity index (χ3n) is 6.23. The number of carbonyl (C=O) groups excluding carboxylic acids is 1. The maximum absolute atomic E-state index is 12.2. The van der Waals surface area contributed by atoms with Crippen LogP contribution in [0.15, 0.2) is 43.0 Å². The average molecular weight is 417 g/mol. The van der Waals surface area contributed by atoms with E-state index in [0.717, 1.165) is 44.3 Å². The van der Waals surface area contributed by atoms with Crippen LogP contribution in [0.25, 0.3) is 0 Å². The first-order chi connectivity index (χ1) is 14.7. The van der Waals surface area contributed by atoms with Crippen LogP contribution in [0.2, 0.25) is 0 Å². The summed E-state index contributed by atoms with van der Waals surface area (Å²) < 4.78 is 23.6. The van der Waals surface area contributed by atoms with Crippen LogP contribution < -0.4 is 0 Å². The van der Waals surface area contributed by atoms with Gasteiger partial charge in [0.15, 0.2) is 6.29 Å². The standard InChI is InChI=1S/C25H36O5/c1-3-10-21-20(16-24(26)28-4-2)15-23(30-25-13-8-9-14-29-25)22(21)18-27-17-19-11-6-5-7-12-19/h3,5-7,11-12,20-23,25H,1,4,8-10,13-18H2,2H3/t20-,21+,22-,23-,25?/m1/s1. The molecular formula is C25H36O5. The van der Waals surface area contributed by atoms with Gasteiger partial charge in [0.25, 0.3) is 0 Å². The Hall–Kier alpha value is -1.69. The highest BCUT2D eigenvalue weighted by atomic mass is 16.7. The van der Waals surface area contributed by atoms with Gasteiger partial charge in [-0.1, -0.05) is 36.4 Å². The molecule has 5 atom stereocenters. The molecule has 5 nitrogen and oxygen atoms in total. The van der Waals surface area contributed by atoms with Crippen LogP contribution in [0.1, 0.15) is 51.0 Å². The van der Waals surface area contributed by atoms with E-state index in [0.29, 0.717) is 26.2 Å². The first-order valence-corrected chi connectivity index (χ1v) is 11.4. The van der Waals surface area contributed by atoms with E-state index in [1.54, 1.807) is 0 Å². The van der Waals surface area contributed by atoms with Crippen molar-refractivity contribution in [1.82, 2.24) is 0 Å². The second-order valence-electron chi connectivity index (χ2n) is 8.33.